The van der Waals surface area contributed by atoms with Crippen molar-refractivity contribution < 1.29 is 4.86 Å². The minimum absolute atomic E-state index is 0.569. The highest BCUT2D eigenvalue weighted by Gasteiger charge is 1.67. The molecule has 0 rings (SSSR count). The molecule has 26 valence electrons. The molecule has 0 radical (unpaired) electrons. The lowest BCUT2D eigenvalue weighted by atomic mass is 11.4. The number of nitriles is 1. The van der Waals surface area contributed by atoms with Gasteiger partial charge in [-0.2, -0.15) is 0 Å². The van der Waals surface area contributed by atoms with Crippen molar-refractivity contribution in [3.05, 3.63) is 5.21 Å². The molecule has 0 unspecified atom stereocenters. The van der Waals surface area contributed by atoms with Crippen LogP contribution >= 0.6 is 0 Å². The number of hydrogen-bond acceptors (Lipinski definition) is 3. The second kappa shape index (κ2) is 1.24. The molecule has 0 aromatic carbocycles. The number of hydroxylamine groups is 1. The van der Waals surface area contributed by atoms with Crippen LogP contribution in [-0.2, 0) is 0 Å². The third-order valence-corrected chi connectivity index (χ3v) is 0.0908. The third kappa shape index (κ3) is 2.89. The predicted molar refractivity (Wildman–Crippen MR) is 12.0 cm³/mol. The molecule has 4 nitrogen and oxygen atoms in total. The average Bonchev–Trinajstić information content (AvgIpc) is 1.38. The van der Waals surface area contributed by atoms with Crippen molar-refractivity contribution in [2.24, 2.45) is 0 Å². The molecule has 0 bridgehead atoms. The van der Waals surface area contributed by atoms with Crippen molar-refractivity contribution in [3.63, 3.8) is 0 Å². The summed E-state index contributed by atoms with van der Waals surface area (Å²) in [5, 5.41) is 16.4. The molecule has 0 aliphatic rings. The first kappa shape index (κ1) is 3.89. The van der Waals surface area contributed by atoms with Crippen molar-refractivity contribution in [2.75, 3.05) is 0 Å². The van der Waals surface area contributed by atoms with E-state index < -0.39 is 4.86 Å². The van der Waals surface area contributed by atoms with Crippen molar-refractivity contribution in [1.82, 2.24) is 0 Å². The molecule has 0 atom stereocenters. The summed E-state index contributed by atoms with van der Waals surface area (Å²) in [6.45, 7) is 0. The standard InChI is InChI=1S/CHN3O/c2-1-4(3)5/h3H. The van der Waals surface area contributed by atoms with Gasteiger partial charge in [-0.3, -0.25) is 0 Å². The minimum Gasteiger partial charge on any atom is -0.683 e. The fourth-order valence-electron chi connectivity index (χ4n) is 0. The Bertz CT molecular complexity index is 79.4. The van der Waals surface area contributed by atoms with Gasteiger partial charge in [0.2, 0.25) is 0 Å². The summed E-state index contributed by atoms with van der Waals surface area (Å²) in [7, 11) is 0. The van der Waals surface area contributed by atoms with Crippen molar-refractivity contribution >= 4 is 0 Å². The fraction of sp³-hybridized carbons (Fsp3) is 0. The zero-order valence-electron chi connectivity index (χ0n) is 2.30. The topological polar surface area (TPSA) is 73.7 Å². The van der Waals surface area contributed by atoms with Gasteiger partial charge in [-0.15, -0.1) is 5.53 Å². The largest absolute Gasteiger partial charge is 0.683 e. The molecule has 1 N–H and O–H groups in total. The Morgan fingerprint density at radius 2 is 2.20 bits per heavy atom. The molecule has 0 spiro atoms. The third-order valence-electron chi connectivity index (χ3n) is 0.0908. The van der Waals surface area contributed by atoms with E-state index in [1.165, 1.54) is 0 Å². The first-order valence-corrected chi connectivity index (χ1v) is 0.853. The number of hydrogen-bond donors (Lipinski definition) is 1. The van der Waals surface area contributed by atoms with E-state index in [0.29, 0.717) is 0 Å². The molecule has 0 aliphatic carbocycles. The van der Waals surface area contributed by atoms with E-state index in [1.807, 2.05) is 0 Å². The Balaban J connectivity index is 3.35. The summed E-state index contributed by atoms with van der Waals surface area (Å²) >= 11 is 0. The van der Waals surface area contributed by atoms with Gasteiger partial charge in [0.1, 0.15) is 0 Å². The van der Waals surface area contributed by atoms with E-state index in [2.05, 4.69) is 0 Å². The fourth-order valence-corrected chi connectivity index (χ4v) is 0. The van der Waals surface area contributed by atoms with Crippen LogP contribution in [0.1, 0.15) is 0 Å². The van der Waals surface area contributed by atoms with Crippen LogP contribution in [0.2, 0.25) is 0 Å². The maximum atomic E-state index is 9.03. The van der Waals surface area contributed by atoms with Crippen molar-refractivity contribution in [1.29, 1.82) is 10.8 Å². The highest BCUT2D eigenvalue weighted by molar-refractivity contribution is 4.36. The average molecular weight is 71.0 g/mol. The molecule has 0 saturated carbocycles. The zero-order valence-corrected chi connectivity index (χ0v) is 2.30. The monoisotopic (exact) mass is 71.0 g/mol. The maximum Gasteiger partial charge on any atom is 0.485 e. The van der Waals surface area contributed by atoms with Gasteiger partial charge < -0.3 is 5.21 Å². The summed E-state index contributed by atoms with van der Waals surface area (Å²) < 4.78 is 0. The van der Waals surface area contributed by atoms with E-state index in [1.54, 1.807) is 0 Å². The van der Waals surface area contributed by atoms with Gasteiger partial charge in [-0.05, 0) is 0 Å². The lowest BCUT2D eigenvalue weighted by molar-refractivity contribution is -0.463. The van der Waals surface area contributed by atoms with Gasteiger partial charge in [-0.25, -0.2) is 0 Å². The van der Waals surface area contributed by atoms with E-state index in [0.717, 1.165) is 6.19 Å². The zero-order chi connectivity index (χ0) is 4.28. The van der Waals surface area contributed by atoms with E-state index >= 15 is 0 Å². The molecular formula is CHN3O. The molecule has 0 fully saturated rings. The summed E-state index contributed by atoms with van der Waals surface area (Å²) in [5.41, 5.74) is 5.74. The van der Waals surface area contributed by atoms with Crippen LogP contribution in [-0.4, -0.2) is 4.86 Å². The Morgan fingerprint density at radius 3 is 2.20 bits per heavy atom. The van der Waals surface area contributed by atoms with Crippen LogP contribution in [0.5, 0.6) is 0 Å². The first-order chi connectivity index (χ1) is 2.27. The van der Waals surface area contributed by atoms with E-state index in [4.69, 9.17) is 16.0 Å². The molecule has 5 heavy (non-hydrogen) atoms. The first-order valence-electron chi connectivity index (χ1n) is 0.853. The van der Waals surface area contributed by atoms with Gasteiger partial charge >= 0.3 is 6.19 Å². The van der Waals surface area contributed by atoms with Crippen LogP contribution < -0.4 is 0 Å². The Morgan fingerprint density at radius 1 is 2.00 bits per heavy atom. The van der Waals surface area contributed by atoms with Crippen LogP contribution in [0, 0.1) is 22.2 Å². The molecule has 0 heterocycles. The minimum atomic E-state index is -0.569. The van der Waals surface area contributed by atoms with Crippen molar-refractivity contribution in [2.45, 2.75) is 0 Å². The molecule has 0 aliphatic heterocycles. The molecule has 0 aromatic rings. The lowest BCUT2D eigenvalue weighted by Crippen LogP contribution is -1.78. The molecular weight excluding hydrogens is 70.0 g/mol. The Kier molecular flexibility index (Phi) is 0.962. The van der Waals surface area contributed by atoms with E-state index in [9.17, 15) is 0 Å². The molecule has 0 amide bonds. The van der Waals surface area contributed by atoms with Crippen LogP contribution in [0.25, 0.3) is 0 Å². The number of nitrogens with one attached hydrogen (secondary N) is 1. The number of rotatable bonds is 0. The highest BCUT2D eigenvalue weighted by Crippen LogP contribution is 1.49. The van der Waals surface area contributed by atoms with Gasteiger partial charge in [0.15, 0.2) is 5.26 Å². The molecule has 0 aromatic heterocycles. The van der Waals surface area contributed by atoms with Gasteiger partial charge in [-0.1, -0.05) is 4.86 Å². The van der Waals surface area contributed by atoms with E-state index in [-0.39, 0.29) is 0 Å². The SMILES string of the molecule is N#C[N+](=N)[O-]. The summed E-state index contributed by atoms with van der Waals surface area (Å²) in [6, 6.07) is 0. The van der Waals surface area contributed by atoms with Crippen LogP contribution in [0.4, 0.5) is 0 Å². The Labute approximate surface area is 28.3 Å². The summed E-state index contributed by atoms with van der Waals surface area (Å²) in [5.74, 6) is 0. The molecule has 0 saturated heterocycles. The summed E-state index contributed by atoms with van der Waals surface area (Å²) in [6.07, 6.45) is 0.972. The van der Waals surface area contributed by atoms with Gasteiger partial charge in [0.05, 0.1) is 0 Å². The normalized spacial score (nSPS) is 5.40. The van der Waals surface area contributed by atoms with Gasteiger partial charge in [0.25, 0.3) is 0 Å². The van der Waals surface area contributed by atoms with Crippen molar-refractivity contribution in [3.8, 4) is 6.19 Å². The maximum absolute atomic E-state index is 9.03. The second-order valence-corrected chi connectivity index (χ2v) is 0.394. The number of nitrogens with zero attached hydrogens (tertiary/aromatic N) is 2. The van der Waals surface area contributed by atoms with Crippen LogP contribution in [0.3, 0.4) is 0 Å². The lowest BCUT2D eigenvalue weighted by Gasteiger charge is -1.77. The van der Waals surface area contributed by atoms with Gasteiger partial charge in [0, 0.05) is 0 Å². The second-order valence-electron chi connectivity index (χ2n) is 0.394. The Hall–Kier alpha value is -1.11. The highest BCUT2D eigenvalue weighted by atomic mass is 16.5. The quantitative estimate of drug-likeness (QED) is 0.143. The smallest absolute Gasteiger partial charge is 0.485 e. The molecule has 4 heteroatoms. The summed E-state index contributed by atoms with van der Waals surface area (Å²) in [4.78, 5) is -0.569. The predicted octanol–water partition coefficient (Wildman–Crippen LogP) is 0.00875. The van der Waals surface area contributed by atoms with Crippen LogP contribution in [0.15, 0.2) is 0 Å².